The lowest BCUT2D eigenvalue weighted by molar-refractivity contribution is -0.266. The molecule has 8 heteroatoms. The number of ether oxygens (including phenoxy) is 2. The number of rotatable bonds is 5. The van der Waals surface area contributed by atoms with Crippen molar-refractivity contribution in [2.45, 2.75) is 31.2 Å². The van der Waals surface area contributed by atoms with Crippen LogP contribution in [0.2, 0.25) is 0 Å². The molecular weight excluding hydrogens is 300 g/mol. The summed E-state index contributed by atoms with van der Waals surface area (Å²) in [4.78, 5) is 0. The van der Waals surface area contributed by atoms with Crippen LogP contribution >= 0.6 is 0 Å². The SMILES string of the molecule is CS(=O)(=O)O[C@H]1[C@@H](OCc2ccccc2)OC[C@@H](O)[C@@H]1O. The van der Waals surface area contributed by atoms with Gasteiger partial charge in [-0.15, -0.1) is 0 Å². The Bertz CT molecular complexity index is 545. The first-order chi connectivity index (χ1) is 9.87. The van der Waals surface area contributed by atoms with Crippen LogP contribution in [0.15, 0.2) is 30.3 Å². The monoisotopic (exact) mass is 318 g/mol. The lowest BCUT2D eigenvalue weighted by Gasteiger charge is -2.36. The van der Waals surface area contributed by atoms with Crippen molar-refractivity contribution in [3.05, 3.63) is 35.9 Å². The van der Waals surface area contributed by atoms with Gasteiger partial charge in [-0.3, -0.25) is 4.18 Å². The van der Waals surface area contributed by atoms with E-state index in [-0.39, 0.29) is 13.2 Å². The molecule has 2 rings (SSSR count). The Kier molecular flexibility index (Phi) is 5.31. The molecule has 21 heavy (non-hydrogen) atoms. The Labute approximate surface area is 123 Å². The zero-order chi connectivity index (χ0) is 15.5. The molecule has 1 fully saturated rings. The van der Waals surface area contributed by atoms with Gasteiger partial charge in [-0.2, -0.15) is 8.42 Å². The molecule has 0 saturated carbocycles. The highest BCUT2D eigenvalue weighted by Gasteiger charge is 2.42. The van der Waals surface area contributed by atoms with Gasteiger partial charge in [0.1, 0.15) is 12.2 Å². The standard InChI is InChI=1S/C13H18O7S/c1-21(16,17)20-12-11(15)10(14)8-19-13(12)18-7-9-5-3-2-4-6-9/h2-6,10-15H,7-8H2,1H3/t10-,11+,12-,13+/m1/s1. The molecule has 0 spiro atoms. The van der Waals surface area contributed by atoms with Gasteiger partial charge < -0.3 is 19.7 Å². The highest BCUT2D eigenvalue weighted by molar-refractivity contribution is 7.86. The van der Waals surface area contributed by atoms with Crippen LogP contribution in [-0.2, 0) is 30.4 Å². The van der Waals surface area contributed by atoms with Crippen LogP contribution in [0.1, 0.15) is 5.56 Å². The summed E-state index contributed by atoms with van der Waals surface area (Å²) in [6.45, 7) is 0.00217. The van der Waals surface area contributed by atoms with Crippen molar-refractivity contribution in [3.63, 3.8) is 0 Å². The second-order valence-corrected chi connectivity index (χ2v) is 6.42. The Morgan fingerprint density at radius 2 is 1.95 bits per heavy atom. The minimum absolute atomic E-state index is 0.162. The predicted octanol–water partition coefficient (Wildman–Crippen LogP) is -0.374. The second kappa shape index (κ2) is 6.82. The zero-order valence-electron chi connectivity index (χ0n) is 11.5. The highest BCUT2D eigenvalue weighted by atomic mass is 32.2. The first-order valence-corrected chi connectivity index (χ1v) is 8.20. The number of benzene rings is 1. The molecule has 0 amide bonds. The summed E-state index contributed by atoms with van der Waals surface area (Å²) < 4.78 is 37.9. The van der Waals surface area contributed by atoms with Gasteiger partial charge in [0.25, 0.3) is 10.1 Å². The lowest BCUT2D eigenvalue weighted by atomic mass is 10.1. The average Bonchev–Trinajstić information content (AvgIpc) is 2.43. The predicted molar refractivity (Wildman–Crippen MR) is 72.7 cm³/mol. The third-order valence-corrected chi connectivity index (χ3v) is 3.55. The van der Waals surface area contributed by atoms with Crippen LogP contribution in [0.3, 0.4) is 0 Å². The van der Waals surface area contributed by atoms with Crippen molar-refractivity contribution in [3.8, 4) is 0 Å². The van der Waals surface area contributed by atoms with Crippen LogP contribution in [0.4, 0.5) is 0 Å². The van der Waals surface area contributed by atoms with Crippen molar-refractivity contribution < 1.29 is 32.3 Å². The maximum atomic E-state index is 11.2. The van der Waals surface area contributed by atoms with E-state index in [9.17, 15) is 18.6 Å². The van der Waals surface area contributed by atoms with Crippen LogP contribution in [0.25, 0.3) is 0 Å². The molecule has 0 unspecified atom stereocenters. The summed E-state index contributed by atoms with van der Waals surface area (Å²) in [6.07, 6.45) is -4.18. The second-order valence-electron chi connectivity index (χ2n) is 4.82. The van der Waals surface area contributed by atoms with Gasteiger partial charge in [0, 0.05) is 0 Å². The molecule has 7 nitrogen and oxygen atoms in total. The van der Waals surface area contributed by atoms with Gasteiger partial charge in [-0.1, -0.05) is 30.3 Å². The van der Waals surface area contributed by atoms with Gasteiger partial charge in [-0.05, 0) is 5.56 Å². The Morgan fingerprint density at radius 1 is 1.29 bits per heavy atom. The first kappa shape index (κ1) is 16.3. The molecule has 118 valence electrons. The zero-order valence-corrected chi connectivity index (χ0v) is 12.3. The number of aliphatic hydroxyl groups is 2. The van der Waals surface area contributed by atoms with E-state index < -0.39 is 34.7 Å². The normalized spacial score (nSPS) is 30.2. The molecule has 0 aliphatic carbocycles. The summed E-state index contributed by atoms with van der Waals surface area (Å²) in [7, 11) is -3.83. The fourth-order valence-corrected chi connectivity index (χ4v) is 2.57. The van der Waals surface area contributed by atoms with Gasteiger partial charge in [0.15, 0.2) is 12.4 Å². The maximum absolute atomic E-state index is 11.2. The molecule has 1 aliphatic heterocycles. The number of hydrogen-bond donors (Lipinski definition) is 2. The summed E-state index contributed by atoms with van der Waals surface area (Å²) in [5.74, 6) is 0. The van der Waals surface area contributed by atoms with E-state index >= 15 is 0 Å². The van der Waals surface area contributed by atoms with Gasteiger partial charge >= 0.3 is 0 Å². The largest absolute Gasteiger partial charge is 0.388 e. The summed E-state index contributed by atoms with van der Waals surface area (Å²) in [5, 5.41) is 19.4. The van der Waals surface area contributed by atoms with Crippen molar-refractivity contribution in [2.75, 3.05) is 12.9 Å². The Hall–Kier alpha value is -1.03. The average molecular weight is 318 g/mol. The van der Waals surface area contributed by atoms with Crippen LogP contribution in [-0.4, -0.2) is 56.1 Å². The quantitative estimate of drug-likeness (QED) is 0.714. The third-order valence-electron chi connectivity index (χ3n) is 2.97. The Balaban J connectivity index is 2.04. The molecule has 1 aliphatic rings. The topological polar surface area (TPSA) is 102 Å². The van der Waals surface area contributed by atoms with E-state index in [1.807, 2.05) is 30.3 Å². The molecule has 0 radical (unpaired) electrons. The smallest absolute Gasteiger partial charge is 0.264 e. The molecule has 2 N–H and O–H groups in total. The fraction of sp³-hybridized carbons (Fsp3) is 0.538. The molecule has 1 heterocycles. The van der Waals surface area contributed by atoms with Crippen LogP contribution < -0.4 is 0 Å². The van der Waals surface area contributed by atoms with E-state index in [1.165, 1.54) is 0 Å². The van der Waals surface area contributed by atoms with Crippen molar-refractivity contribution in [1.82, 2.24) is 0 Å². The van der Waals surface area contributed by atoms with Crippen molar-refractivity contribution >= 4 is 10.1 Å². The lowest BCUT2D eigenvalue weighted by Crippen LogP contribution is -2.55. The van der Waals surface area contributed by atoms with E-state index in [4.69, 9.17) is 13.7 Å². The van der Waals surface area contributed by atoms with E-state index in [2.05, 4.69) is 0 Å². The minimum Gasteiger partial charge on any atom is -0.388 e. The van der Waals surface area contributed by atoms with Gasteiger partial charge in [0.05, 0.1) is 19.5 Å². The van der Waals surface area contributed by atoms with Gasteiger partial charge in [0.2, 0.25) is 0 Å². The fourth-order valence-electron chi connectivity index (χ4n) is 1.97. The Morgan fingerprint density at radius 3 is 2.57 bits per heavy atom. The van der Waals surface area contributed by atoms with Gasteiger partial charge in [-0.25, -0.2) is 0 Å². The molecule has 0 bridgehead atoms. The highest BCUT2D eigenvalue weighted by Crippen LogP contribution is 2.22. The van der Waals surface area contributed by atoms with Crippen molar-refractivity contribution in [2.24, 2.45) is 0 Å². The van der Waals surface area contributed by atoms with Crippen LogP contribution in [0.5, 0.6) is 0 Å². The molecule has 4 atom stereocenters. The molecular formula is C13H18O7S. The van der Waals surface area contributed by atoms with E-state index in [0.717, 1.165) is 11.8 Å². The summed E-state index contributed by atoms with van der Waals surface area (Å²) in [5.41, 5.74) is 0.861. The van der Waals surface area contributed by atoms with Crippen LogP contribution in [0, 0.1) is 0 Å². The third kappa shape index (κ3) is 4.73. The van der Waals surface area contributed by atoms with Crippen molar-refractivity contribution in [1.29, 1.82) is 0 Å². The molecule has 1 aromatic carbocycles. The number of hydrogen-bond acceptors (Lipinski definition) is 7. The van der Waals surface area contributed by atoms with E-state index in [1.54, 1.807) is 0 Å². The summed E-state index contributed by atoms with van der Waals surface area (Å²) in [6, 6.07) is 9.20. The molecule has 1 saturated heterocycles. The molecule has 0 aromatic heterocycles. The maximum Gasteiger partial charge on any atom is 0.264 e. The first-order valence-electron chi connectivity index (χ1n) is 6.38. The van der Waals surface area contributed by atoms with E-state index in [0.29, 0.717) is 0 Å². The minimum atomic E-state index is -3.83. The number of aliphatic hydroxyl groups excluding tert-OH is 2. The summed E-state index contributed by atoms with van der Waals surface area (Å²) >= 11 is 0. The molecule has 1 aromatic rings.